The van der Waals surface area contributed by atoms with Crippen molar-refractivity contribution in [2.75, 3.05) is 32.7 Å². The normalized spacial score (nSPS) is 17.4. The van der Waals surface area contributed by atoms with Gasteiger partial charge in [0.25, 0.3) is 0 Å². The van der Waals surface area contributed by atoms with Crippen LogP contribution < -0.4 is 0 Å². The van der Waals surface area contributed by atoms with Crippen molar-refractivity contribution >= 4 is 11.9 Å². The second kappa shape index (κ2) is 13.0. The second-order valence-electron chi connectivity index (χ2n) is 9.03. The van der Waals surface area contributed by atoms with Gasteiger partial charge >= 0.3 is 11.9 Å². The van der Waals surface area contributed by atoms with Crippen LogP contribution in [0.15, 0.2) is 66.9 Å². The van der Waals surface area contributed by atoms with Crippen LogP contribution >= 0.6 is 0 Å². The molecular formula is C28H36N4O4. The minimum Gasteiger partial charge on any atom is -0.473 e. The average Bonchev–Trinajstić information content (AvgIpc) is 3.48. The first-order valence-electron chi connectivity index (χ1n) is 12.1. The Morgan fingerprint density at radius 3 is 2.06 bits per heavy atom. The summed E-state index contributed by atoms with van der Waals surface area (Å²) in [6.07, 6.45) is 5.80. The van der Waals surface area contributed by atoms with E-state index < -0.39 is 11.9 Å². The molecule has 8 heteroatoms. The van der Waals surface area contributed by atoms with Crippen LogP contribution in [0.25, 0.3) is 5.69 Å². The highest BCUT2D eigenvalue weighted by Gasteiger charge is 2.28. The molecule has 2 N–H and O–H groups in total. The highest BCUT2D eigenvalue weighted by atomic mass is 16.4. The topological polar surface area (TPSA) is 98.9 Å². The van der Waals surface area contributed by atoms with E-state index in [4.69, 9.17) is 24.9 Å². The van der Waals surface area contributed by atoms with Gasteiger partial charge in [0.2, 0.25) is 0 Å². The van der Waals surface area contributed by atoms with E-state index in [0.29, 0.717) is 5.92 Å². The zero-order valence-corrected chi connectivity index (χ0v) is 19.8. The molecule has 1 unspecified atom stereocenters. The van der Waals surface area contributed by atoms with Gasteiger partial charge in [-0.1, -0.05) is 56.0 Å². The van der Waals surface area contributed by atoms with E-state index in [2.05, 4.69) is 81.3 Å². The summed E-state index contributed by atoms with van der Waals surface area (Å²) in [5.41, 5.74) is 5.52. The summed E-state index contributed by atoms with van der Waals surface area (Å²) in [4.78, 5) is 23.4. The number of fused-ring (bicyclic) bond motifs is 1. The maximum atomic E-state index is 9.10. The lowest BCUT2D eigenvalue weighted by Crippen LogP contribution is -2.46. The van der Waals surface area contributed by atoms with Gasteiger partial charge < -0.3 is 15.1 Å². The van der Waals surface area contributed by atoms with Crippen molar-refractivity contribution < 1.29 is 19.8 Å². The smallest absolute Gasteiger partial charge is 0.414 e. The first-order chi connectivity index (χ1) is 17.0. The van der Waals surface area contributed by atoms with Crippen LogP contribution in [0.2, 0.25) is 0 Å². The van der Waals surface area contributed by atoms with E-state index in [9.17, 15) is 0 Å². The number of carboxylic acid groups (broad SMARTS) is 2. The van der Waals surface area contributed by atoms with E-state index in [1.54, 1.807) is 0 Å². The molecule has 0 amide bonds. The first kappa shape index (κ1) is 27.1. The SMILES string of the molecule is C.O=C(O)C(=O)O.c1ccc(CN2CCN(CCC3CCc4c3cnn4-c3ccccc3)CC2)cc1. The minimum atomic E-state index is -1.82. The highest BCUT2D eigenvalue weighted by molar-refractivity contribution is 6.27. The molecule has 0 radical (unpaired) electrons. The summed E-state index contributed by atoms with van der Waals surface area (Å²) in [6.45, 7) is 7.03. The molecule has 1 aromatic heterocycles. The molecule has 1 aliphatic carbocycles. The van der Waals surface area contributed by atoms with Crippen LogP contribution in [0, 0.1) is 0 Å². The van der Waals surface area contributed by atoms with Gasteiger partial charge in [-0.15, -0.1) is 0 Å². The zero-order valence-electron chi connectivity index (χ0n) is 19.8. The number of benzene rings is 2. The lowest BCUT2D eigenvalue weighted by Gasteiger charge is -2.35. The fourth-order valence-electron chi connectivity index (χ4n) is 4.89. The molecule has 8 nitrogen and oxygen atoms in total. The summed E-state index contributed by atoms with van der Waals surface area (Å²) in [6, 6.07) is 21.4. The van der Waals surface area contributed by atoms with Crippen molar-refractivity contribution in [3.8, 4) is 5.69 Å². The fourth-order valence-corrected chi connectivity index (χ4v) is 4.89. The summed E-state index contributed by atoms with van der Waals surface area (Å²) < 4.78 is 2.15. The maximum Gasteiger partial charge on any atom is 0.414 e. The van der Waals surface area contributed by atoms with Crippen molar-refractivity contribution in [3.05, 3.63) is 83.7 Å². The number of hydrogen-bond donors (Lipinski definition) is 2. The van der Waals surface area contributed by atoms with Crippen LogP contribution in [0.1, 0.15) is 43.0 Å². The van der Waals surface area contributed by atoms with Crippen molar-refractivity contribution in [1.82, 2.24) is 19.6 Å². The summed E-state index contributed by atoms with van der Waals surface area (Å²) in [5, 5.41) is 19.5. The molecule has 0 bridgehead atoms. The molecule has 0 spiro atoms. The monoisotopic (exact) mass is 492 g/mol. The van der Waals surface area contributed by atoms with E-state index in [-0.39, 0.29) is 7.43 Å². The van der Waals surface area contributed by atoms with E-state index in [1.807, 2.05) is 0 Å². The molecular weight excluding hydrogens is 456 g/mol. The molecule has 2 heterocycles. The molecule has 192 valence electrons. The van der Waals surface area contributed by atoms with Gasteiger partial charge in [-0.25, -0.2) is 14.3 Å². The van der Waals surface area contributed by atoms with E-state index >= 15 is 0 Å². The number of carbonyl (C=O) groups is 2. The standard InChI is InChI=1S/C25H30N4.C2H2O4.CH4/c1-3-7-21(8-4-1)20-28-17-15-27(16-18-28)14-13-22-11-12-25-24(22)19-26-29(25)23-9-5-2-6-10-23;3-1(4)2(5)6;/h1-10,19,22H,11-18,20H2;(H,3,4)(H,5,6);1H4. The number of aromatic nitrogens is 2. The van der Waals surface area contributed by atoms with Crippen LogP contribution in [-0.4, -0.2) is 74.5 Å². The number of rotatable bonds is 6. The lowest BCUT2D eigenvalue weighted by molar-refractivity contribution is -0.159. The van der Waals surface area contributed by atoms with Gasteiger partial charge in [0, 0.05) is 38.4 Å². The Morgan fingerprint density at radius 2 is 1.44 bits per heavy atom. The number of nitrogens with zero attached hydrogens (tertiary/aromatic N) is 4. The third-order valence-corrected chi connectivity index (χ3v) is 6.76. The summed E-state index contributed by atoms with van der Waals surface area (Å²) in [7, 11) is 0. The fraction of sp³-hybridized carbons (Fsp3) is 0.393. The summed E-state index contributed by atoms with van der Waals surface area (Å²) in [5.74, 6) is -2.98. The third kappa shape index (κ3) is 7.02. The number of hydrogen-bond acceptors (Lipinski definition) is 5. The Bertz CT molecular complexity index is 1100. The minimum absolute atomic E-state index is 0. The van der Waals surface area contributed by atoms with Crippen molar-refractivity contribution in [2.24, 2.45) is 0 Å². The van der Waals surface area contributed by atoms with Crippen LogP contribution in [-0.2, 0) is 22.6 Å². The molecule has 0 saturated carbocycles. The number of carboxylic acids is 2. The predicted molar refractivity (Wildman–Crippen MR) is 139 cm³/mol. The van der Waals surface area contributed by atoms with Gasteiger partial charge in [0.05, 0.1) is 11.9 Å². The molecule has 2 aliphatic rings. The van der Waals surface area contributed by atoms with Crippen molar-refractivity contribution in [1.29, 1.82) is 0 Å². The van der Waals surface area contributed by atoms with Gasteiger partial charge in [0.1, 0.15) is 0 Å². The molecule has 5 rings (SSSR count). The first-order valence-corrected chi connectivity index (χ1v) is 12.1. The lowest BCUT2D eigenvalue weighted by atomic mass is 10.00. The molecule has 2 aromatic carbocycles. The molecule has 3 aromatic rings. The Kier molecular flexibility index (Phi) is 9.78. The van der Waals surface area contributed by atoms with Gasteiger partial charge in [0.15, 0.2) is 0 Å². The average molecular weight is 493 g/mol. The summed E-state index contributed by atoms with van der Waals surface area (Å²) >= 11 is 0. The Hall–Kier alpha value is -3.49. The quantitative estimate of drug-likeness (QED) is 0.504. The Labute approximate surface area is 212 Å². The van der Waals surface area contributed by atoms with Crippen molar-refractivity contribution in [3.63, 3.8) is 0 Å². The van der Waals surface area contributed by atoms with E-state index in [1.165, 1.54) is 68.1 Å². The largest absolute Gasteiger partial charge is 0.473 e. The number of aliphatic carboxylic acids is 2. The predicted octanol–water partition coefficient (Wildman–Crippen LogP) is 3.90. The zero-order chi connectivity index (χ0) is 24.6. The number of piperazine rings is 1. The Morgan fingerprint density at radius 1 is 0.861 bits per heavy atom. The van der Waals surface area contributed by atoms with Crippen LogP contribution in [0.5, 0.6) is 0 Å². The van der Waals surface area contributed by atoms with Gasteiger partial charge in [-0.05, 0) is 55.0 Å². The van der Waals surface area contributed by atoms with E-state index in [0.717, 1.165) is 13.0 Å². The molecule has 36 heavy (non-hydrogen) atoms. The van der Waals surface area contributed by atoms with Crippen molar-refractivity contribution in [2.45, 2.75) is 39.2 Å². The van der Waals surface area contributed by atoms with Crippen LogP contribution in [0.4, 0.5) is 0 Å². The molecule has 1 saturated heterocycles. The van der Waals surface area contributed by atoms with Crippen LogP contribution in [0.3, 0.4) is 0 Å². The molecule has 1 fully saturated rings. The number of para-hydroxylation sites is 1. The Balaban J connectivity index is 0.000000464. The highest BCUT2D eigenvalue weighted by Crippen LogP contribution is 2.36. The maximum absolute atomic E-state index is 9.10. The third-order valence-electron chi connectivity index (χ3n) is 6.76. The second-order valence-corrected chi connectivity index (χ2v) is 9.03. The van der Waals surface area contributed by atoms with Gasteiger partial charge in [-0.3, -0.25) is 4.90 Å². The van der Waals surface area contributed by atoms with Gasteiger partial charge in [-0.2, -0.15) is 5.10 Å². The molecule has 1 atom stereocenters. The molecule has 1 aliphatic heterocycles.